The molecule has 2 aromatic rings. The van der Waals surface area contributed by atoms with E-state index in [1.807, 2.05) is 48.5 Å². The summed E-state index contributed by atoms with van der Waals surface area (Å²) < 4.78 is 18.2. The van der Waals surface area contributed by atoms with Gasteiger partial charge in [0, 0.05) is 24.0 Å². The number of carbonyl (C=O) groups excluding carboxylic acids is 1. The number of esters is 1. The van der Waals surface area contributed by atoms with E-state index in [4.69, 9.17) is 14.2 Å². The molecule has 4 nitrogen and oxygen atoms in total. The fourth-order valence-electron chi connectivity index (χ4n) is 12.5. The van der Waals surface area contributed by atoms with Gasteiger partial charge >= 0.3 is 5.97 Å². The van der Waals surface area contributed by atoms with Gasteiger partial charge in [-0.05, 0) is 177 Å². The Morgan fingerprint density at radius 2 is 1.31 bits per heavy atom. The molecule has 3 fully saturated rings. The minimum absolute atomic E-state index is 0.0226. The van der Waals surface area contributed by atoms with Gasteiger partial charge in [0.1, 0.15) is 17.6 Å². The van der Waals surface area contributed by atoms with Gasteiger partial charge in [0.15, 0.2) is 0 Å². The third kappa shape index (κ3) is 12.9. The summed E-state index contributed by atoms with van der Waals surface area (Å²) in [6.07, 6.45) is 25.1. The molecule has 0 unspecified atom stereocenters. The van der Waals surface area contributed by atoms with Crippen LogP contribution in [0, 0.1) is 70.0 Å². The van der Waals surface area contributed by atoms with Gasteiger partial charge in [-0.3, -0.25) is 4.79 Å². The van der Waals surface area contributed by atoms with E-state index in [1.165, 1.54) is 77.0 Å². The number of unbranched alkanes of at least 4 members (excludes halogenated alkanes) is 2. The number of rotatable bonds is 21. The first-order chi connectivity index (χ1) is 29.3. The maximum atomic E-state index is 13.0. The Labute approximate surface area is 373 Å². The second kappa shape index (κ2) is 22.4. The predicted molar refractivity (Wildman–Crippen MR) is 254 cm³/mol. The van der Waals surface area contributed by atoms with E-state index in [0.717, 1.165) is 109 Å². The van der Waals surface area contributed by atoms with Crippen molar-refractivity contribution in [3.8, 4) is 23.3 Å². The van der Waals surface area contributed by atoms with Crippen molar-refractivity contribution < 1.29 is 19.0 Å². The van der Waals surface area contributed by atoms with Crippen molar-refractivity contribution in [2.24, 2.45) is 58.2 Å². The van der Waals surface area contributed by atoms with Crippen LogP contribution in [0.25, 0.3) is 0 Å². The van der Waals surface area contributed by atoms with Gasteiger partial charge in [0.25, 0.3) is 0 Å². The highest BCUT2D eigenvalue weighted by Gasteiger charge is 2.59. The van der Waals surface area contributed by atoms with Crippen molar-refractivity contribution >= 4 is 5.97 Å². The average Bonchev–Trinajstić information content (AvgIpc) is 3.59. The highest BCUT2D eigenvalue weighted by atomic mass is 16.5. The summed E-state index contributed by atoms with van der Waals surface area (Å²) in [7, 11) is 0. The standard InChI is InChI=1S/C57H84O4/c1-41(2)14-12-16-43(5)35-39-60-49-28-23-46(24-29-49)20-19-45-21-26-48(27-22-45)59-38-11-9-10-18-55(58)61-50-33-36-56(7)47(40-50)25-30-51-53-32-31-52(44(6)17-13-15-42(3)4)57(53,8)37-34-54(51)56/h21-29,41-44,50-54H,9-18,30-40H2,1-8H3/t43-,44+,50-,51-,52+,53-,54-,56-,57+/m0/s1. The van der Waals surface area contributed by atoms with Crippen LogP contribution in [-0.4, -0.2) is 25.3 Å². The van der Waals surface area contributed by atoms with Crippen LogP contribution in [0.1, 0.15) is 189 Å². The molecule has 4 aliphatic carbocycles. The van der Waals surface area contributed by atoms with Gasteiger partial charge in [0.05, 0.1) is 13.2 Å². The molecule has 9 atom stereocenters. The maximum absolute atomic E-state index is 13.0. The molecule has 0 aliphatic heterocycles. The molecular formula is C57H84O4. The van der Waals surface area contributed by atoms with Crippen LogP contribution in [0.5, 0.6) is 11.5 Å². The quantitative estimate of drug-likeness (QED) is 0.0544. The topological polar surface area (TPSA) is 44.8 Å². The molecule has 0 saturated heterocycles. The first-order valence-corrected chi connectivity index (χ1v) is 25.2. The monoisotopic (exact) mass is 833 g/mol. The fourth-order valence-corrected chi connectivity index (χ4v) is 12.5. The van der Waals surface area contributed by atoms with Crippen molar-refractivity contribution in [1.29, 1.82) is 0 Å². The zero-order valence-electron chi connectivity index (χ0n) is 39.9. The Morgan fingerprint density at radius 3 is 1.97 bits per heavy atom. The molecule has 61 heavy (non-hydrogen) atoms. The van der Waals surface area contributed by atoms with Crippen molar-refractivity contribution in [3.05, 3.63) is 71.3 Å². The maximum Gasteiger partial charge on any atom is 0.306 e. The first kappa shape index (κ1) is 47.3. The van der Waals surface area contributed by atoms with Gasteiger partial charge in [-0.2, -0.15) is 0 Å². The highest BCUT2D eigenvalue weighted by Crippen LogP contribution is 2.67. The van der Waals surface area contributed by atoms with Crippen LogP contribution in [0.15, 0.2) is 60.2 Å². The minimum Gasteiger partial charge on any atom is -0.494 e. The van der Waals surface area contributed by atoms with E-state index in [2.05, 4.69) is 73.3 Å². The number of allylic oxidation sites excluding steroid dienone is 1. The molecule has 0 N–H and O–H groups in total. The summed E-state index contributed by atoms with van der Waals surface area (Å²) in [5.74, 6) is 14.9. The van der Waals surface area contributed by atoms with Crippen LogP contribution in [-0.2, 0) is 9.53 Å². The smallest absolute Gasteiger partial charge is 0.306 e. The Morgan fingerprint density at radius 1 is 0.672 bits per heavy atom. The van der Waals surface area contributed by atoms with E-state index in [9.17, 15) is 4.79 Å². The van der Waals surface area contributed by atoms with E-state index in [0.29, 0.717) is 24.4 Å². The van der Waals surface area contributed by atoms with Gasteiger partial charge in [-0.15, -0.1) is 0 Å². The van der Waals surface area contributed by atoms with Gasteiger partial charge in [-0.25, -0.2) is 0 Å². The van der Waals surface area contributed by atoms with Gasteiger partial charge in [-0.1, -0.05) is 117 Å². The van der Waals surface area contributed by atoms with Crippen LogP contribution >= 0.6 is 0 Å². The molecule has 0 heterocycles. The Kier molecular flexibility index (Phi) is 17.4. The summed E-state index contributed by atoms with van der Waals surface area (Å²) in [4.78, 5) is 13.0. The molecule has 2 aromatic carbocycles. The number of fused-ring (bicyclic) bond motifs is 5. The Hall–Kier alpha value is -3.19. The lowest BCUT2D eigenvalue weighted by molar-refractivity contribution is -0.151. The number of carbonyl (C=O) groups is 1. The lowest BCUT2D eigenvalue weighted by atomic mass is 9.47. The summed E-state index contributed by atoms with van der Waals surface area (Å²) in [6.45, 7) is 20.9. The number of hydrogen-bond acceptors (Lipinski definition) is 4. The number of ether oxygens (including phenoxy) is 3. The SMILES string of the molecule is CC(C)CCC[C@H](C)CCOc1ccc(C#Cc2ccc(OCCCCCC(=O)O[C@H]3CC[C@@]4(C)C(=CC[C@H]5[C@@H]6CC[C@H]([C@H](C)CCCC(C)C)[C@@]6(C)CC[C@@H]54)C3)cc2)cc1. The average molecular weight is 833 g/mol. The Balaban J connectivity index is 0.846. The van der Waals surface area contributed by atoms with E-state index < -0.39 is 0 Å². The van der Waals surface area contributed by atoms with Gasteiger partial charge in [0.2, 0.25) is 0 Å². The molecule has 0 aromatic heterocycles. The second-order valence-corrected chi connectivity index (χ2v) is 21.7. The van der Waals surface area contributed by atoms with Crippen molar-refractivity contribution in [1.82, 2.24) is 0 Å². The number of benzene rings is 2. The third-order valence-electron chi connectivity index (χ3n) is 16.3. The lowest BCUT2D eigenvalue weighted by Gasteiger charge is -2.58. The van der Waals surface area contributed by atoms with Crippen molar-refractivity contribution in [3.63, 3.8) is 0 Å². The predicted octanol–water partition coefficient (Wildman–Crippen LogP) is 15.2. The number of hydrogen-bond donors (Lipinski definition) is 0. The zero-order chi connectivity index (χ0) is 43.4. The van der Waals surface area contributed by atoms with Gasteiger partial charge < -0.3 is 14.2 Å². The van der Waals surface area contributed by atoms with E-state index in [-0.39, 0.29) is 17.5 Å². The summed E-state index contributed by atoms with van der Waals surface area (Å²) in [6, 6.07) is 16.1. The van der Waals surface area contributed by atoms with Crippen LogP contribution in [0.4, 0.5) is 0 Å². The van der Waals surface area contributed by atoms with Crippen LogP contribution < -0.4 is 9.47 Å². The largest absolute Gasteiger partial charge is 0.494 e. The van der Waals surface area contributed by atoms with Crippen molar-refractivity contribution in [2.45, 2.75) is 183 Å². The normalized spacial score (nSPS) is 27.8. The first-order valence-electron chi connectivity index (χ1n) is 25.2. The van der Waals surface area contributed by atoms with Crippen molar-refractivity contribution in [2.75, 3.05) is 13.2 Å². The third-order valence-corrected chi connectivity index (χ3v) is 16.3. The second-order valence-electron chi connectivity index (χ2n) is 21.7. The molecule has 336 valence electrons. The molecule has 3 saturated carbocycles. The fraction of sp³-hybridized carbons (Fsp3) is 0.702. The minimum atomic E-state index is -0.0226. The van der Waals surface area contributed by atoms with E-state index >= 15 is 0 Å². The van der Waals surface area contributed by atoms with Crippen LogP contribution in [0.3, 0.4) is 0 Å². The lowest BCUT2D eigenvalue weighted by Crippen LogP contribution is -2.51. The summed E-state index contributed by atoms with van der Waals surface area (Å²) in [5, 5.41) is 0. The summed E-state index contributed by atoms with van der Waals surface area (Å²) in [5.41, 5.74) is 4.35. The molecule has 4 heteroatoms. The molecule has 0 bridgehead atoms. The molecule has 6 rings (SSSR count). The highest BCUT2D eigenvalue weighted by molar-refractivity contribution is 5.69. The molecule has 0 spiro atoms. The molecular weight excluding hydrogens is 749 g/mol. The Bertz CT molecular complexity index is 1740. The zero-order valence-corrected chi connectivity index (χ0v) is 39.9. The summed E-state index contributed by atoms with van der Waals surface area (Å²) >= 11 is 0. The molecule has 0 radical (unpaired) electrons. The van der Waals surface area contributed by atoms with Crippen LogP contribution in [0.2, 0.25) is 0 Å². The molecule has 4 aliphatic rings. The van der Waals surface area contributed by atoms with E-state index in [1.54, 1.807) is 5.57 Å². The molecule has 0 amide bonds.